The first-order valence-electron chi connectivity index (χ1n) is 9.60. The molecule has 1 aliphatic heterocycles. The number of hydrogen-bond donors (Lipinski definition) is 0. The molecule has 0 N–H and O–H groups in total. The fourth-order valence-corrected chi connectivity index (χ4v) is 3.24. The number of methoxy groups -OCH3 is 1. The number of ketones is 1. The number of carbonyl (C=O) groups is 1. The van der Waals surface area contributed by atoms with Crippen LogP contribution in [-0.2, 0) is 0 Å². The summed E-state index contributed by atoms with van der Waals surface area (Å²) in [5, 5.41) is 0. The molecular formula is C23H27NO5. The van der Waals surface area contributed by atoms with Gasteiger partial charge in [-0.25, -0.2) is 0 Å². The van der Waals surface area contributed by atoms with E-state index in [1.807, 2.05) is 56.3 Å². The molecule has 0 bridgehead atoms. The van der Waals surface area contributed by atoms with Gasteiger partial charge in [0.25, 0.3) is 0 Å². The van der Waals surface area contributed by atoms with E-state index in [0.29, 0.717) is 48.2 Å². The number of anilines is 1. The number of allylic oxidation sites excluding steroid dienone is 1. The van der Waals surface area contributed by atoms with Crippen LogP contribution in [0.2, 0.25) is 0 Å². The highest BCUT2D eigenvalue weighted by Crippen LogP contribution is 2.42. The first-order chi connectivity index (χ1) is 14.0. The summed E-state index contributed by atoms with van der Waals surface area (Å²) >= 11 is 0. The van der Waals surface area contributed by atoms with Crippen LogP contribution in [0, 0.1) is 0 Å². The summed E-state index contributed by atoms with van der Waals surface area (Å²) in [5.41, 5.74) is 2.82. The average molecular weight is 397 g/mol. The topological polar surface area (TPSA) is 57.2 Å². The van der Waals surface area contributed by atoms with Crippen molar-refractivity contribution >= 4 is 17.5 Å². The molecule has 6 heteroatoms. The van der Waals surface area contributed by atoms with Gasteiger partial charge in [-0.15, -0.1) is 0 Å². The van der Waals surface area contributed by atoms with E-state index in [1.54, 1.807) is 20.1 Å². The summed E-state index contributed by atoms with van der Waals surface area (Å²) in [6, 6.07) is 9.18. The van der Waals surface area contributed by atoms with Crippen molar-refractivity contribution in [3.8, 4) is 23.0 Å². The van der Waals surface area contributed by atoms with Crippen molar-refractivity contribution in [2.24, 2.45) is 0 Å². The smallest absolute Gasteiger partial charge is 0.204 e. The second kappa shape index (κ2) is 8.90. The van der Waals surface area contributed by atoms with Crippen LogP contribution in [0.15, 0.2) is 35.9 Å². The lowest BCUT2D eigenvalue weighted by atomic mass is 10.0. The van der Waals surface area contributed by atoms with Crippen LogP contribution >= 0.6 is 0 Å². The molecule has 0 aliphatic carbocycles. The van der Waals surface area contributed by atoms with Gasteiger partial charge < -0.3 is 23.8 Å². The standard InChI is InChI=1S/C23H27NO5/c1-6-27-19-9-7-16(14-18(19)24(3)4)21(25)15(2)13-17-8-10-20-23(22(17)26-5)29-12-11-28-20/h7-10,13-14H,6,11-12H2,1-5H3. The quantitative estimate of drug-likeness (QED) is 0.515. The molecule has 0 unspecified atom stereocenters. The van der Waals surface area contributed by atoms with E-state index in [-0.39, 0.29) is 5.78 Å². The number of ether oxygens (including phenoxy) is 4. The van der Waals surface area contributed by atoms with Crippen molar-refractivity contribution in [3.63, 3.8) is 0 Å². The Morgan fingerprint density at radius 3 is 2.62 bits per heavy atom. The van der Waals surface area contributed by atoms with E-state index in [0.717, 1.165) is 17.0 Å². The molecule has 0 amide bonds. The molecule has 154 valence electrons. The summed E-state index contributed by atoms with van der Waals surface area (Å²) in [6.07, 6.45) is 1.81. The van der Waals surface area contributed by atoms with Gasteiger partial charge in [0.2, 0.25) is 5.75 Å². The van der Waals surface area contributed by atoms with Crippen LogP contribution in [0.4, 0.5) is 5.69 Å². The van der Waals surface area contributed by atoms with E-state index in [2.05, 4.69) is 0 Å². The number of fused-ring (bicyclic) bond motifs is 1. The maximum atomic E-state index is 13.1. The Kier molecular flexibility index (Phi) is 6.32. The Labute approximate surface area is 171 Å². The number of benzene rings is 2. The van der Waals surface area contributed by atoms with Crippen molar-refractivity contribution < 1.29 is 23.7 Å². The minimum Gasteiger partial charge on any atom is -0.492 e. The molecule has 2 aromatic rings. The molecule has 29 heavy (non-hydrogen) atoms. The van der Waals surface area contributed by atoms with Crippen molar-refractivity contribution in [1.29, 1.82) is 0 Å². The van der Waals surface area contributed by atoms with Crippen molar-refractivity contribution in [2.45, 2.75) is 13.8 Å². The fraction of sp³-hybridized carbons (Fsp3) is 0.348. The number of rotatable bonds is 7. The normalized spacial score (nSPS) is 13.1. The maximum absolute atomic E-state index is 13.1. The van der Waals surface area contributed by atoms with E-state index < -0.39 is 0 Å². The maximum Gasteiger partial charge on any atom is 0.204 e. The van der Waals surface area contributed by atoms with Gasteiger partial charge in [-0.3, -0.25) is 4.79 Å². The lowest BCUT2D eigenvalue weighted by Gasteiger charge is -2.21. The molecule has 0 atom stereocenters. The predicted octanol–water partition coefficient (Wildman–Crippen LogP) is 4.22. The average Bonchev–Trinajstić information content (AvgIpc) is 2.73. The summed E-state index contributed by atoms with van der Waals surface area (Å²) in [5.74, 6) is 2.48. The molecule has 2 aromatic carbocycles. The molecule has 0 spiro atoms. The van der Waals surface area contributed by atoms with Gasteiger partial charge in [-0.05, 0) is 55.8 Å². The van der Waals surface area contributed by atoms with Crippen LogP contribution in [0.25, 0.3) is 6.08 Å². The van der Waals surface area contributed by atoms with Gasteiger partial charge >= 0.3 is 0 Å². The van der Waals surface area contributed by atoms with Crippen molar-refractivity contribution in [1.82, 2.24) is 0 Å². The SMILES string of the molecule is CCOc1ccc(C(=O)C(C)=Cc2ccc3c(c2OC)OCCO3)cc1N(C)C. The number of Topliss-reactive ketones (excluding diaryl/α,β-unsaturated/α-hetero) is 1. The Balaban J connectivity index is 1.94. The lowest BCUT2D eigenvalue weighted by Crippen LogP contribution is -2.16. The first kappa shape index (κ1) is 20.6. The third kappa shape index (κ3) is 4.31. The summed E-state index contributed by atoms with van der Waals surface area (Å²) in [6.45, 7) is 5.27. The van der Waals surface area contributed by atoms with Crippen molar-refractivity contribution in [3.05, 3.63) is 47.0 Å². The van der Waals surface area contributed by atoms with Gasteiger partial charge in [0.1, 0.15) is 19.0 Å². The van der Waals surface area contributed by atoms with Gasteiger partial charge in [0, 0.05) is 25.2 Å². The molecule has 3 rings (SSSR count). The highest BCUT2D eigenvalue weighted by molar-refractivity contribution is 6.11. The van der Waals surface area contributed by atoms with Gasteiger partial charge in [0.05, 0.1) is 19.4 Å². The van der Waals surface area contributed by atoms with Crippen LogP contribution in [0.5, 0.6) is 23.0 Å². The van der Waals surface area contributed by atoms with E-state index >= 15 is 0 Å². The second-order valence-electron chi connectivity index (χ2n) is 6.88. The monoisotopic (exact) mass is 397 g/mol. The second-order valence-corrected chi connectivity index (χ2v) is 6.88. The number of hydrogen-bond acceptors (Lipinski definition) is 6. The Bertz CT molecular complexity index is 933. The Morgan fingerprint density at radius 2 is 1.93 bits per heavy atom. The highest BCUT2D eigenvalue weighted by atomic mass is 16.6. The van der Waals surface area contributed by atoms with E-state index in [1.165, 1.54) is 0 Å². The number of carbonyl (C=O) groups excluding carboxylic acids is 1. The minimum absolute atomic E-state index is 0.0620. The van der Waals surface area contributed by atoms with Crippen LogP contribution < -0.4 is 23.8 Å². The van der Waals surface area contributed by atoms with E-state index in [4.69, 9.17) is 18.9 Å². The van der Waals surface area contributed by atoms with Crippen molar-refractivity contribution in [2.75, 3.05) is 45.9 Å². The third-order valence-electron chi connectivity index (χ3n) is 4.63. The largest absolute Gasteiger partial charge is 0.492 e. The molecule has 0 saturated carbocycles. The fourth-order valence-electron chi connectivity index (χ4n) is 3.24. The highest BCUT2D eigenvalue weighted by Gasteiger charge is 2.20. The molecule has 6 nitrogen and oxygen atoms in total. The van der Waals surface area contributed by atoms with Crippen LogP contribution in [0.3, 0.4) is 0 Å². The summed E-state index contributed by atoms with van der Waals surface area (Å²) in [4.78, 5) is 15.0. The summed E-state index contributed by atoms with van der Waals surface area (Å²) in [7, 11) is 5.43. The molecule has 1 aliphatic rings. The van der Waals surface area contributed by atoms with Gasteiger partial charge in [-0.1, -0.05) is 0 Å². The zero-order valence-electron chi connectivity index (χ0n) is 17.6. The van der Waals surface area contributed by atoms with E-state index in [9.17, 15) is 4.79 Å². The van der Waals surface area contributed by atoms with Crippen LogP contribution in [0.1, 0.15) is 29.8 Å². The van der Waals surface area contributed by atoms with Gasteiger partial charge in [-0.2, -0.15) is 0 Å². The molecule has 1 heterocycles. The summed E-state index contributed by atoms with van der Waals surface area (Å²) < 4.78 is 22.5. The lowest BCUT2D eigenvalue weighted by molar-refractivity contribution is 0.103. The Morgan fingerprint density at radius 1 is 1.17 bits per heavy atom. The molecule has 0 fully saturated rings. The third-order valence-corrected chi connectivity index (χ3v) is 4.63. The molecule has 0 aromatic heterocycles. The zero-order valence-corrected chi connectivity index (χ0v) is 17.6. The van der Waals surface area contributed by atoms with Gasteiger partial charge in [0.15, 0.2) is 17.3 Å². The molecule has 0 radical (unpaired) electrons. The number of nitrogens with zero attached hydrogens (tertiary/aromatic N) is 1. The molecule has 0 saturated heterocycles. The Hall–Kier alpha value is -3.15. The minimum atomic E-state index is -0.0620. The van der Waals surface area contributed by atoms with Crippen LogP contribution in [-0.4, -0.2) is 46.8 Å². The first-order valence-corrected chi connectivity index (χ1v) is 9.60. The molecular weight excluding hydrogens is 370 g/mol. The zero-order chi connectivity index (χ0) is 21.0. The predicted molar refractivity (Wildman–Crippen MR) is 114 cm³/mol.